The Kier molecular flexibility index (Phi) is 5.22. The first-order valence-electron chi connectivity index (χ1n) is 7.35. The average molecular weight is 295 g/mol. The molecule has 4 atom stereocenters. The van der Waals surface area contributed by atoms with E-state index in [1.807, 2.05) is 13.1 Å². The van der Waals surface area contributed by atoms with Crippen LogP contribution in [0.25, 0.3) is 0 Å². The normalized spacial score (nSPS) is 24.8. The van der Waals surface area contributed by atoms with Gasteiger partial charge in [0.2, 0.25) is 0 Å². The zero-order valence-electron chi connectivity index (χ0n) is 12.8. The molecule has 2 rings (SSSR count). The van der Waals surface area contributed by atoms with Crippen molar-refractivity contribution in [2.45, 2.75) is 49.7 Å². The third-order valence-electron chi connectivity index (χ3n) is 4.34. The van der Waals surface area contributed by atoms with E-state index in [2.05, 4.69) is 31.3 Å². The number of nitrogens with one attached hydrogen (secondary N) is 1. The molecule has 3 nitrogen and oxygen atoms in total. The van der Waals surface area contributed by atoms with Crippen LogP contribution in [0.5, 0.6) is 5.75 Å². The van der Waals surface area contributed by atoms with Crippen LogP contribution in [0.1, 0.15) is 43.9 Å². The van der Waals surface area contributed by atoms with Crippen LogP contribution in [0.15, 0.2) is 18.2 Å². The highest BCUT2D eigenvalue weighted by atomic mass is 32.2. The summed E-state index contributed by atoms with van der Waals surface area (Å²) in [6.07, 6.45) is 2.93. The molecule has 0 bridgehead atoms. The van der Waals surface area contributed by atoms with Gasteiger partial charge < -0.3 is 10.1 Å². The second-order valence-electron chi connectivity index (χ2n) is 5.46. The van der Waals surface area contributed by atoms with Gasteiger partial charge in [0.25, 0.3) is 0 Å². The van der Waals surface area contributed by atoms with Crippen molar-refractivity contribution in [3.8, 4) is 5.75 Å². The first kappa shape index (κ1) is 15.5. The van der Waals surface area contributed by atoms with E-state index >= 15 is 0 Å². The minimum atomic E-state index is -0.789. The molecule has 0 spiro atoms. The predicted octanol–water partition coefficient (Wildman–Crippen LogP) is 2.82. The molecule has 0 saturated heterocycles. The smallest absolute Gasteiger partial charge is 0.119 e. The number of benzene rings is 1. The number of fused-ring (bicyclic) bond motifs is 1. The van der Waals surface area contributed by atoms with Crippen LogP contribution >= 0.6 is 0 Å². The molecule has 0 aliphatic heterocycles. The van der Waals surface area contributed by atoms with E-state index in [-0.39, 0.29) is 16.5 Å². The first-order valence-corrected chi connectivity index (χ1v) is 8.63. The van der Waals surface area contributed by atoms with Crippen LogP contribution in [0.2, 0.25) is 0 Å². The Labute approximate surface area is 124 Å². The summed E-state index contributed by atoms with van der Waals surface area (Å²) in [5.74, 6) is 0.903. The van der Waals surface area contributed by atoms with E-state index in [9.17, 15) is 4.21 Å². The lowest BCUT2D eigenvalue weighted by Crippen LogP contribution is -2.39. The Morgan fingerprint density at radius 2 is 2.25 bits per heavy atom. The summed E-state index contributed by atoms with van der Waals surface area (Å²) in [6, 6.07) is 6.41. The third kappa shape index (κ3) is 2.91. The zero-order valence-corrected chi connectivity index (χ0v) is 13.6. The van der Waals surface area contributed by atoms with E-state index < -0.39 is 10.8 Å². The monoisotopic (exact) mass is 295 g/mol. The molecule has 0 saturated carbocycles. The van der Waals surface area contributed by atoms with E-state index in [4.69, 9.17) is 4.74 Å². The minimum Gasteiger partial charge on any atom is -0.497 e. The topological polar surface area (TPSA) is 38.3 Å². The van der Waals surface area contributed by atoms with Crippen molar-refractivity contribution in [2.24, 2.45) is 0 Å². The van der Waals surface area contributed by atoms with Crippen LogP contribution in [0.3, 0.4) is 0 Å². The Morgan fingerprint density at radius 1 is 1.50 bits per heavy atom. The number of ether oxygens (including phenoxy) is 1. The Bertz CT molecular complexity index is 489. The molecule has 0 heterocycles. The molecule has 0 aromatic heterocycles. The van der Waals surface area contributed by atoms with Gasteiger partial charge in [-0.2, -0.15) is 0 Å². The maximum atomic E-state index is 12.7. The van der Waals surface area contributed by atoms with Gasteiger partial charge in [-0.15, -0.1) is 0 Å². The van der Waals surface area contributed by atoms with E-state index in [1.165, 1.54) is 11.1 Å². The SMILES string of the molecule is CCC(C)S(=O)C1CCc2cc(OC)ccc2C1NC. The lowest BCUT2D eigenvalue weighted by molar-refractivity contribution is 0.412. The molecule has 1 aliphatic rings. The van der Waals surface area contributed by atoms with Crippen LogP contribution in [0.4, 0.5) is 0 Å². The highest BCUT2D eigenvalue weighted by molar-refractivity contribution is 7.86. The van der Waals surface area contributed by atoms with Gasteiger partial charge in [0.05, 0.1) is 12.4 Å². The van der Waals surface area contributed by atoms with Gasteiger partial charge in [0.15, 0.2) is 0 Å². The summed E-state index contributed by atoms with van der Waals surface area (Å²) in [5, 5.41) is 3.84. The quantitative estimate of drug-likeness (QED) is 0.908. The number of methoxy groups -OCH3 is 1. The van der Waals surface area contributed by atoms with Crippen LogP contribution in [-0.4, -0.2) is 28.9 Å². The summed E-state index contributed by atoms with van der Waals surface area (Å²) in [4.78, 5) is 0. The summed E-state index contributed by atoms with van der Waals surface area (Å²) in [6.45, 7) is 4.20. The largest absolute Gasteiger partial charge is 0.497 e. The molecule has 1 aromatic rings. The molecule has 0 amide bonds. The van der Waals surface area contributed by atoms with Gasteiger partial charge in [-0.25, -0.2) is 0 Å². The molecule has 20 heavy (non-hydrogen) atoms. The highest BCUT2D eigenvalue weighted by Crippen LogP contribution is 2.35. The maximum absolute atomic E-state index is 12.7. The molecule has 4 unspecified atom stereocenters. The van der Waals surface area contributed by atoms with E-state index in [1.54, 1.807) is 7.11 Å². The predicted molar refractivity (Wildman–Crippen MR) is 84.8 cm³/mol. The molecule has 0 fully saturated rings. The molecule has 4 heteroatoms. The maximum Gasteiger partial charge on any atom is 0.119 e. The zero-order chi connectivity index (χ0) is 14.7. The molecule has 1 aromatic carbocycles. The summed E-state index contributed by atoms with van der Waals surface area (Å²) >= 11 is 0. The van der Waals surface area contributed by atoms with Gasteiger partial charge >= 0.3 is 0 Å². The number of hydrogen-bond acceptors (Lipinski definition) is 3. The standard InChI is InChI=1S/C16H25NO2S/c1-5-11(2)20(18)15-9-6-12-10-13(19-4)7-8-14(12)16(15)17-3/h7-8,10-11,15-17H,5-6,9H2,1-4H3. The second-order valence-corrected chi connectivity index (χ2v) is 7.52. The number of rotatable bonds is 5. The van der Waals surface area contributed by atoms with Gasteiger partial charge in [0, 0.05) is 22.1 Å². The molecule has 1 N–H and O–H groups in total. The van der Waals surface area contributed by atoms with Gasteiger partial charge in [0.1, 0.15) is 5.75 Å². The summed E-state index contributed by atoms with van der Waals surface area (Å²) in [5.41, 5.74) is 2.60. The van der Waals surface area contributed by atoms with Crippen molar-refractivity contribution in [1.82, 2.24) is 5.32 Å². The number of hydrogen-bond donors (Lipinski definition) is 1. The molecular formula is C16H25NO2S. The molecular weight excluding hydrogens is 270 g/mol. The van der Waals surface area contributed by atoms with E-state index in [0.29, 0.717) is 0 Å². The lowest BCUT2D eigenvalue weighted by atomic mass is 9.87. The average Bonchev–Trinajstić information content (AvgIpc) is 2.51. The Balaban J connectivity index is 2.30. The highest BCUT2D eigenvalue weighted by Gasteiger charge is 2.34. The summed E-state index contributed by atoms with van der Waals surface area (Å²) in [7, 11) is 2.87. The van der Waals surface area contributed by atoms with Crippen molar-refractivity contribution in [2.75, 3.05) is 14.2 Å². The van der Waals surface area contributed by atoms with E-state index in [0.717, 1.165) is 25.0 Å². The second kappa shape index (κ2) is 6.72. The van der Waals surface area contributed by atoms with Gasteiger partial charge in [-0.1, -0.05) is 19.9 Å². The lowest BCUT2D eigenvalue weighted by Gasteiger charge is -2.34. The van der Waals surface area contributed by atoms with Crippen molar-refractivity contribution >= 4 is 10.8 Å². The first-order chi connectivity index (χ1) is 9.62. The Hall–Kier alpha value is -0.870. The van der Waals surface area contributed by atoms with Crippen molar-refractivity contribution < 1.29 is 8.95 Å². The van der Waals surface area contributed by atoms with Crippen molar-refractivity contribution in [1.29, 1.82) is 0 Å². The fraction of sp³-hybridized carbons (Fsp3) is 0.625. The fourth-order valence-electron chi connectivity index (χ4n) is 2.95. The summed E-state index contributed by atoms with van der Waals surface area (Å²) < 4.78 is 18.0. The molecule has 1 aliphatic carbocycles. The van der Waals surface area contributed by atoms with Crippen LogP contribution < -0.4 is 10.1 Å². The Morgan fingerprint density at radius 3 is 2.85 bits per heavy atom. The van der Waals surface area contributed by atoms with Crippen LogP contribution in [-0.2, 0) is 17.2 Å². The van der Waals surface area contributed by atoms with Crippen LogP contribution in [0, 0.1) is 0 Å². The molecule has 0 radical (unpaired) electrons. The van der Waals surface area contributed by atoms with Crippen molar-refractivity contribution in [3.05, 3.63) is 29.3 Å². The third-order valence-corrected chi connectivity index (χ3v) is 6.57. The van der Waals surface area contributed by atoms with Crippen molar-refractivity contribution in [3.63, 3.8) is 0 Å². The molecule has 112 valence electrons. The van der Waals surface area contributed by atoms with Gasteiger partial charge in [-0.3, -0.25) is 4.21 Å². The fourth-order valence-corrected chi connectivity index (χ4v) is 4.77. The van der Waals surface area contributed by atoms with Gasteiger partial charge in [-0.05, 0) is 49.6 Å². The minimum absolute atomic E-state index is 0.180. The number of aryl methyl sites for hydroxylation is 1.